The first-order valence-electron chi connectivity index (χ1n) is 11.3. The highest BCUT2D eigenvalue weighted by Crippen LogP contribution is 2.38. The zero-order valence-electron chi connectivity index (χ0n) is 19.4. The summed E-state index contributed by atoms with van der Waals surface area (Å²) in [6.07, 6.45) is -4.30. The molecule has 1 heterocycles. The van der Waals surface area contributed by atoms with Crippen molar-refractivity contribution in [1.29, 1.82) is 0 Å². The standard InChI is InChI=1S/C27H24F4N2O3/c1-36-20-12-6-17(7-13-20)16-33-15-14-21(18-8-10-19(28)11-9-18)24(26(33)35)25(34)32-23-5-3-2-4-22(23)27(29,30)31/h2-13,21,24H,14-16H2,1H3,(H,32,34)/t21-,24+/m1/s1. The first-order valence-corrected chi connectivity index (χ1v) is 11.3. The maximum atomic E-state index is 13.6. The van der Waals surface area contributed by atoms with Crippen molar-refractivity contribution in [3.8, 4) is 5.75 Å². The smallest absolute Gasteiger partial charge is 0.418 e. The van der Waals surface area contributed by atoms with Gasteiger partial charge in [0.15, 0.2) is 0 Å². The summed E-state index contributed by atoms with van der Waals surface area (Å²) in [5, 5.41) is 2.33. The van der Waals surface area contributed by atoms with E-state index < -0.39 is 46.9 Å². The molecule has 36 heavy (non-hydrogen) atoms. The fourth-order valence-electron chi connectivity index (χ4n) is 4.46. The van der Waals surface area contributed by atoms with Gasteiger partial charge in [-0.1, -0.05) is 36.4 Å². The summed E-state index contributed by atoms with van der Waals surface area (Å²) in [5.41, 5.74) is -0.0491. The molecule has 1 N–H and O–H groups in total. The van der Waals surface area contributed by atoms with E-state index in [1.807, 2.05) is 0 Å². The molecule has 0 radical (unpaired) electrons. The summed E-state index contributed by atoms with van der Waals surface area (Å²) in [6, 6.07) is 17.2. The van der Waals surface area contributed by atoms with Gasteiger partial charge >= 0.3 is 6.18 Å². The molecule has 4 rings (SSSR count). The molecule has 0 saturated carbocycles. The Hall–Kier alpha value is -3.88. The molecule has 2 atom stereocenters. The molecule has 5 nitrogen and oxygen atoms in total. The number of carbonyl (C=O) groups is 2. The number of carbonyl (C=O) groups excluding carboxylic acids is 2. The van der Waals surface area contributed by atoms with Crippen LogP contribution in [0.3, 0.4) is 0 Å². The minimum atomic E-state index is -4.68. The van der Waals surface area contributed by atoms with Crippen LogP contribution in [0.25, 0.3) is 0 Å². The third kappa shape index (κ3) is 5.50. The molecule has 0 aliphatic carbocycles. The largest absolute Gasteiger partial charge is 0.497 e. The highest BCUT2D eigenvalue weighted by atomic mass is 19.4. The predicted octanol–water partition coefficient (Wildman–Crippen LogP) is 5.62. The Morgan fingerprint density at radius 1 is 1.03 bits per heavy atom. The van der Waals surface area contributed by atoms with Gasteiger partial charge in [0.1, 0.15) is 17.5 Å². The maximum absolute atomic E-state index is 13.6. The van der Waals surface area contributed by atoms with E-state index in [0.29, 0.717) is 24.3 Å². The number of halogens is 4. The Labute approximate surface area is 205 Å². The Kier molecular flexibility index (Phi) is 7.28. The van der Waals surface area contributed by atoms with E-state index in [4.69, 9.17) is 4.74 Å². The van der Waals surface area contributed by atoms with Gasteiger partial charge in [-0.3, -0.25) is 9.59 Å². The van der Waals surface area contributed by atoms with E-state index in [1.165, 1.54) is 41.3 Å². The molecule has 188 valence electrons. The van der Waals surface area contributed by atoms with Gasteiger partial charge in [-0.2, -0.15) is 13.2 Å². The van der Waals surface area contributed by atoms with Crippen LogP contribution in [0.5, 0.6) is 5.75 Å². The van der Waals surface area contributed by atoms with Gasteiger partial charge in [-0.25, -0.2) is 4.39 Å². The number of hydrogen-bond acceptors (Lipinski definition) is 3. The number of alkyl halides is 3. The minimum absolute atomic E-state index is 0.224. The Morgan fingerprint density at radius 2 is 1.69 bits per heavy atom. The van der Waals surface area contributed by atoms with Crippen molar-refractivity contribution >= 4 is 17.5 Å². The highest BCUT2D eigenvalue weighted by Gasteiger charge is 2.43. The number of para-hydroxylation sites is 1. The molecule has 0 spiro atoms. The van der Waals surface area contributed by atoms with Crippen molar-refractivity contribution in [2.45, 2.75) is 25.1 Å². The first kappa shape index (κ1) is 25.2. The van der Waals surface area contributed by atoms with Gasteiger partial charge in [-0.15, -0.1) is 0 Å². The first-order chi connectivity index (χ1) is 17.2. The summed E-state index contributed by atoms with van der Waals surface area (Å²) in [4.78, 5) is 28.4. The van der Waals surface area contributed by atoms with Crippen molar-refractivity contribution < 1.29 is 31.9 Å². The van der Waals surface area contributed by atoms with Crippen LogP contribution in [-0.4, -0.2) is 30.4 Å². The number of benzene rings is 3. The van der Waals surface area contributed by atoms with Crippen molar-refractivity contribution in [2.75, 3.05) is 19.0 Å². The number of anilines is 1. The molecule has 1 aliphatic heterocycles. The molecule has 3 aromatic carbocycles. The lowest BCUT2D eigenvalue weighted by Gasteiger charge is -2.37. The van der Waals surface area contributed by atoms with Crippen LogP contribution in [0.15, 0.2) is 72.8 Å². The van der Waals surface area contributed by atoms with E-state index in [2.05, 4.69) is 5.32 Å². The number of piperidine rings is 1. The maximum Gasteiger partial charge on any atom is 0.418 e. The fraction of sp³-hybridized carbons (Fsp3) is 0.259. The van der Waals surface area contributed by atoms with Crippen LogP contribution in [-0.2, 0) is 22.3 Å². The molecular formula is C27H24F4N2O3. The summed E-state index contributed by atoms with van der Waals surface area (Å²) in [7, 11) is 1.54. The van der Waals surface area contributed by atoms with Crippen LogP contribution < -0.4 is 10.1 Å². The van der Waals surface area contributed by atoms with Crippen molar-refractivity contribution in [2.24, 2.45) is 5.92 Å². The number of rotatable bonds is 6. The Morgan fingerprint density at radius 3 is 2.33 bits per heavy atom. The van der Waals surface area contributed by atoms with E-state index in [1.54, 1.807) is 31.4 Å². The molecule has 1 fully saturated rings. The molecule has 3 aromatic rings. The van der Waals surface area contributed by atoms with Gasteiger partial charge in [0, 0.05) is 19.0 Å². The van der Waals surface area contributed by atoms with Gasteiger partial charge < -0.3 is 15.0 Å². The lowest BCUT2D eigenvalue weighted by molar-refractivity contribution is -0.145. The molecule has 9 heteroatoms. The lowest BCUT2D eigenvalue weighted by Crippen LogP contribution is -2.49. The van der Waals surface area contributed by atoms with E-state index in [-0.39, 0.29) is 6.54 Å². The molecule has 1 aliphatic rings. The Balaban J connectivity index is 1.63. The number of ether oxygens (including phenoxy) is 1. The van der Waals surface area contributed by atoms with Gasteiger partial charge in [0.05, 0.1) is 18.4 Å². The minimum Gasteiger partial charge on any atom is -0.497 e. The van der Waals surface area contributed by atoms with Gasteiger partial charge in [0.2, 0.25) is 11.8 Å². The zero-order valence-corrected chi connectivity index (χ0v) is 19.4. The summed E-state index contributed by atoms with van der Waals surface area (Å²) < 4.78 is 59.1. The Bertz CT molecular complexity index is 1230. The summed E-state index contributed by atoms with van der Waals surface area (Å²) in [6.45, 7) is 0.553. The van der Waals surface area contributed by atoms with Crippen molar-refractivity contribution in [1.82, 2.24) is 4.90 Å². The van der Waals surface area contributed by atoms with E-state index in [9.17, 15) is 27.2 Å². The summed E-state index contributed by atoms with van der Waals surface area (Å²) >= 11 is 0. The predicted molar refractivity (Wildman–Crippen MR) is 126 cm³/mol. The highest BCUT2D eigenvalue weighted by molar-refractivity contribution is 6.08. The van der Waals surface area contributed by atoms with Crippen LogP contribution in [0, 0.1) is 11.7 Å². The topological polar surface area (TPSA) is 58.6 Å². The number of methoxy groups -OCH3 is 1. The lowest BCUT2D eigenvalue weighted by atomic mass is 9.79. The monoisotopic (exact) mass is 500 g/mol. The third-order valence-corrected chi connectivity index (χ3v) is 6.29. The fourth-order valence-corrected chi connectivity index (χ4v) is 4.46. The van der Waals surface area contributed by atoms with Crippen LogP contribution in [0.1, 0.15) is 29.0 Å². The van der Waals surface area contributed by atoms with Crippen LogP contribution >= 0.6 is 0 Å². The number of amides is 2. The van der Waals surface area contributed by atoms with E-state index in [0.717, 1.165) is 17.7 Å². The average Bonchev–Trinajstić information content (AvgIpc) is 2.85. The molecule has 0 unspecified atom stereocenters. The number of nitrogens with zero attached hydrogens (tertiary/aromatic N) is 1. The average molecular weight is 500 g/mol. The normalized spacial score (nSPS) is 18.1. The van der Waals surface area contributed by atoms with Gasteiger partial charge in [0.25, 0.3) is 0 Å². The zero-order chi connectivity index (χ0) is 25.9. The second-order valence-electron chi connectivity index (χ2n) is 8.56. The molecular weight excluding hydrogens is 476 g/mol. The second-order valence-corrected chi connectivity index (χ2v) is 8.56. The van der Waals surface area contributed by atoms with Crippen molar-refractivity contribution in [3.05, 3.63) is 95.3 Å². The van der Waals surface area contributed by atoms with E-state index >= 15 is 0 Å². The summed E-state index contributed by atoms with van der Waals surface area (Å²) in [5.74, 6) is -3.08. The number of hydrogen-bond donors (Lipinski definition) is 1. The van der Waals surface area contributed by atoms with Crippen molar-refractivity contribution in [3.63, 3.8) is 0 Å². The molecule has 2 amide bonds. The van der Waals surface area contributed by atoms with Gasteiger partial charge in [-0.05, 0) is 53.9 Å². The second kappa shape index (κ2) is 10.4. The molecule has 1 saturated heterocycles. The number of likely N-dealkylation sites (tertiary alicyclic amines) is 1. The van der Waals surface area contributed by atoms with Crippen LogP contribution in [0.4, 0.5) is 23.2 Å². The third-order valence-electron chi connectivity index (χ3n) is 6.29. The van der Waals surface area contributed by atoms with Crippen LogP contribution in [0.2, 0.25) is 0 Å². The quantitative estimate of drug-likeness (QED) is 0.353. The molecule has 0 aromatic heterocycles. The SMILES string of the molecule is COc1ccc(CN2CC[C@H](c3ccc(F)cc3)[C@@H](C(=O)Nc3ccccc3C(F)(F)F)C2=O)cc1. The number of nitrogens with one attached hydrogen (secondary N) is 1. The molecule has 0 bridgehead atoms.